The van der Waals surface area contributed by atoms with Gasteiger partial charge in [-0.2, -0.15) is 0 Å². The summed E-state index contributed by atoms with van der Waals surface area (Å²) in [6, 6.07) is 13.9. The van der Waals surface area contributed by atoms with Gasteiger partial charge in [0, 0.05) is 5.02 Å². The molecule has 1 aliphatic rings. The number of anilines is 1. The van der Waals surface area contributed by atoms with Crippen LogP contribution in [0, 0.1) is 0 Å². The van der Waals surface area contributed by atoms with Crippen LogP contribution < -0.4 is 9.64 Å². The second-order valence-electron chi connectivity index (χ2n) is 5.17. The average molecular weight is 372 g/mol. The average Bonchev–Trinajstić information content (AvgIpc) is 2.88. The third-order valence-electron chi connectivity index (χ3n) is 3.41. The Bertz CT molecular complexity index is 861. The number of halogens is 1. The number of ether oxygens (including phenoxy) is 1. The van der Waals surface area contributed by atoms with Gasteiger partial charge in [-0.25, -0.2) is 4.90 Å². The van der Waals surface area contributed by atoms with Crippen molar-refractivity contribution in [3.63, 3.8) is 0 Å². The lowest BCUT2D eigenvalue weighted by Crippen LogP contribution is -2.27. The van der Waals surface area contributed by atoms with Crippen molar-refractivity contribution in [2.24, 2.45) is 0 Å². The van der Waals surface area contributed by atoms with Crippen LogP contribution >= 0.6 is 23.4 Å². The summed E-state index contributed by atoms with van der Waals surface area (Å²) in [4.78, 5) is 26.3. The van der Waals surface area contributed by atoms with Gasteiger partial charge in [-0.15, -0.1) is 0 Å². The number of thioether (sulfide) groups is 1. The molecule has 1 heterocycles. The van der Waals surface area contributed by atoms with Gasteiger partial charge in [0.2, 0.25) is 0 Å². The number of imide groups is 1. The maximum atomic E-state index is 12.6. The van der Waals surface area contributed by atoms with E-state index in [0.717, 1.165) is 22.2 Å². The monoisotopic (exact) mass is 371 g/mol. The van der Waals surface area contributed by atoms with Crippen LogP contribution in [0.2, 0.25) is 5.02 Å². The lowest BCUT2D eigenvalue weighted by atomic mass is 10.2. The second kappa shape index (κ2) is 7.59. The van der Waals surface area contributed by atoms with Gasteiger partial charge in [0.1, 0.15) is 12.4 Å². The fourth-order valence-electron chi connectivity index (χ4n) is 2.27. The van der Waals surface area contributed by atoms with Crippen LogP contribution in [-0.2, 0) is 4.79 Å². The smallest absolute Gasteiger partial charge is 0.298 e. The maximum Gasteiger partial charge on any atom is 0.298 e. The quantitative estimate of drug-likeness (QED) is 0.539. The summed E-state index contributed by atoms with van der Waals surface area (Å²) in [6.07, 6.45) is 3.35. The highest BCUT2D eigenvalue weighted by Gasteiger charge is 2.36. The van der Waals surface area contributed by atoms with E-state index in [1.54, 1.807) is 48.6 Å². The van der Waals surface area contributed by atoms with E-state index < -0.39 is 0 Å². The summed E-state index contributed by atoms with van der Waals surface area (Å²) in [5.41, 5.74) is 1.27. The zero-order valence-electron chi connectivity index (χ0n) is 13.1. The normalized spacial score (nSPS) is 15.7. The van der Waals surface area contributed by atoms with Crippen molar-refractivity contribution >= 4 is 46.3 Å². The number of carbonyl (C=O) groups excluding carboxylic acids is 2. The molecule has 25 heavy (non-hydrogen) atoms. The Kier molecular flexibility index (Phi) is 5.26. The highest BCUT2D eigenvalue weighted by atomic mass is 35.5. The summed E-state index contributed by atoms with van der Waals surface area (Å²) in [5, 5.41) is 0.125. The number of benzene rings is 2. The third-order valence-corrected chi connectivity index (χ3v) is 4.51. The Morgan fingerprint density at radius 3 is 2.60 bits per heavy atom. The van der Waals surface area contributed by atoms with Crippen molar-refractivity contribution < 1.29 is 14.3 Å². The third kappa shape index (κ3) is 3.95. The van der Waals surface area contributed by atoms with E-state index in [4.69, 9.17) is 16.3 Å². The molecule has 6 heteroatoms. The molecule has 3 rings (SSSR count). The van der Waals surface area contributed by atoms with Gasteiger partial charge in [-0.3, -0.25) is 9.59 Å². The first-order valence-corrected chi connectivity index (χ1v) is 8.65. The van der Waals surface area contributed by atoms with Crippen LogP contribution in [0.1, 0.15) is 5.56 Å². The van der Waals surface area contributed by atoms with Gasteiger partial charge < -0.3 is 4.74 Å². The molecule has 1 saturated heterocycles. The van der Waals surface area contributed by atoms with Crippen LogP contribution in [0.3, 0.4) is 0 Å². The van der Waals surface area contributed by atoms with Crippen molar-refractivity contribution in [2.75, 3.05) is 11.5 Å². The summed E-state index contributed by atoms with van der Waals surface area (Å²) in [5.74, 6) is 0.355. The SMILES string of the molecule is C=CCOc1ccc(/C=C2/SC(=O)N(c3cccc(Cl)c3)C2=O)cc1. The number of hydrogen-bond acceptors (Lipinski definition) is 4. The Hall–Kier alpha value is -2.50. The van der Waals surface area contributed by atoms with Crippen LogP contribution in [0.15, 0.2) is 66.1 Å². The largest absolute Gasteiger partial charge is 0.490 e. The Morgan fingerprint density at radius 1 is 1.16 bits per heavy atom. The zero-order valence-corrected chi connectivity index (χ0v) is 14.7. The molecular formula is C19H14ClNO3S. The molecular weight excluding hydrogens is 358 g/mol. The van der Waals surface area contributed by atoms with Gasteiger partial charge in [0.25, 0.3) is 11.1 Å². The van der Waals surface area contributed by atoms with Crippen molar-refractivity contribution in [1.82, 2.24) is 0 Å². The molecule has 0 radical (unpaired) electrons. The molecule has 2 amide bonds. The van der Waals surface area contributed by atoms with Crippen molar-refractivity contribution in [1.29, 1.82) is 0 Å². The minimum Gasteiger partial charge on any atom is -0.490 e. The fourth-order valence-corrected chi connectivity index (χ4v) is 3.30. The lowest BCUT2D eigenvalue weighted by Gasteiger charge is -2.12. The highest BCUT2D eigenvalue weighted by molar-refractivity contribution is 8.19. The van der Waals surface area contributed by atoms with Gasteiger partial charge >= 0.3 is 0 Å². The van der Waals surface area contributed by atoms with Gasteiger partial charge in [0.05, 0.1) is 10.6 Å². The van der Waals surface area contributed by atoms with Crippen molar-refractivity contribution in [2.45, 2.75) is 0 Å². The maximum absolute atomic E-state index is 12.6. The molecule has 4 nitrogen and oxygen atoms in total. The first-order valence-electron chi connectivity index (χ1n) is 7.46. The topological polar surface area (TPSA) is 46.6 Å². The first-order chi connectivity index (χ1) is 12.1. The number of hydrogen-bond donors (Lipinski definition) is 0. The van der Waals surface area contributed by atoms with E-state index in [1.807, 2.05) is 12.1 Å². The molecule has 0 unspecified atom stereocenters. The number of carbonyl (C=O) groups is 2. The van der Waals surface area contributed by atoms with E-state index in [1.165, 1.54) is 0 Å². The highest BCUT2D eigenvalue weighted by Crippen LogP contribution is 2.36. The molecule has 0 aliphatic carbocycles. The fraction of sp³-hybridized carbons (Fsp3) is 0.0526. The molecule has 0 saturated carbocycles. The Balaban J connectivity index is 1.81. The predicted molar refractivity (Wildman–Crippen MR) is 102 cm³/mol. The van der Waals surface area contributed by atoms with E-state index in [2.05, 4.69) is 6.58 Å². The minimum absolute atomic E-state index is 0.343. The molecule has 126 valence electrons. The number of nitrogens with zero attached hydrogens (tertiary/aromatic N) is 1. The molecule has 0 spiro atoms. The van der Waals surface area contributed by atoms with E-state index in [0.29, 0.717) is 28.0 Å². The van der Waals surface area contributed by atoms with Crippen molar-refractivity contribution in [3.05, 3.63) is 76.7 Å². The van der Waals surface area contributed by atoms with Crippen molar-refractivity contribution in [3.8, 4) is 5.75 Å². The van der Waals surface area contributed by atoms with Crippen LogP contribution in [0.5, 0.6) is 5.75 Å². The Labute approximate surface area is 154 Å². The molecule has 0 bridgehead atoms. The molecule has 2 aromatic rings. The summed E-state index contributed by atoms with van der Waals surface area (Å²) in [7, 11) is 0. The molecule has 0 atom stereocenters. The van der Waals surface area contributed by atoms with Gasteiger partial charge in [-0.1, -0.05) is 42.5 Å². The summed E-state index contributed by atoms with van der Waals surface area (Å²) >= 11 is 6.85. The first kappa shape index (κ1) is 17.3. The molecule has 1 fully saturated rings. The van der Waals surface area contributed by atoms with E-state index >= 15 is 0 Å². The lowest BCUT2D eigenvalue weighted by molar-refractivity contribution is -0.113. The second-order valence-corrected chi connectivity index (χ2v) is 6.60. The van der Waals surface area contributed by atoms with E-state index in [9.17, 15) is 9.59 Å². The van der Waals surface area contributed by atoms with Gasteiger partial charge in [-0.05, 0) is 53.7 Å². The molecule has 1 aliphatic heterocycles. The standard InChI is InChI=1S/C19H14ClNO3S/c1-2-10-24-16-8-6-13(7-9-16)11-17-18(22)21(19(23)25-17)15-5-3-4-14(20)12-15/h2-9,11-12H,1,10H2/b17-11+. The molecule has 0 aromatic heterocycles. The van der Waals surface area contributed by atoms with Crippen LogP contribution in [-0.4, -0.2) is 17.8 Å². The van der Waals surface area contributed by atoms with Crippen LogP contribution in [0.25, 0.3) is 6.08 Å². The van der Waals surface area contributed by atoms with Gasteiger partial charge in [0.15, 0.2) is 0 Å². The summed E-state index contributed by atoms with van der Waals surface area (Å²) in [6.45, 7) is 4.02. The molecule has 2 aromatic carbocycles. The van der Waals surface area contributed by atoms with E-state index in [-0.39, 0.29) is 11.1 Å². The number of amides is 2. The Morgan fingerprint density at radius 2 is 1.92 bits per heavy atom. The number of rotatable bonds is 5. The predicted octanol–water partition coefficient (Wildman–Crippen LogP) is 5.15. The minimum atomic E-state index is -0.357. The summed E-state index contributed by atoms with van der Waals surface area (Å²) < 4.78 is 5.42. The zero-order chi connectivity index (χ0) is 17.8. The molecule has 0 N–H and O–H groups in total. The van der Waals surface area contributed by atoms with Crippen LogP contribution in [0.4, 0.5) is 10.5 Å².